The molecule has 2 aliphatic heterocycles. The van der Waals surface area contributed by atoms with E-state index in [9.17, 15) is 19.2 Å². The molecule has 3 aliphatic rings. The second-order valence-electron chi connectivity index (χ2n) is 8.60. The summed E-state index contributed by atoms with van der Waals surface area (Å²) >= 11 is 1.58. The van der Waals surface area contributed by atoms with E-state index in [-0.39, 0.29) is 5.91 Å². The number of fused-ring (bicyclic) bond motifs is 3. The SMILES string of the molecule is CC1(C)C(=O)Nc2ccccc2N1C(=O)CN1C(=O)N[C@@]2(CCCc3sccc32)C1=O. The predicted octanol–water partition coefficient (Wildman–Crippen LogP) is 2.60. The van der Waals surface area contributed by atoms with E-state index in [1.807, 2.05) is 11.4 Å². The van der Waals surface area contributed by atoms with E-state index in [1.54, 1.807) is 49.4 Å². The molecule has 1 atom stereocenters. The Morgan fingerprint density at radius 2 is 1.94 bits per heavy atom. The smallest absolute Gasteiger partial charge is 0.322 e. The number of hydrogen-bond donors (Lipinski definition) is 2. The highest BCUT2D eigenvalue weighted by Crippen LogP contribution is 2.42. The van der Waals surface area contributed by atoms with Crippen molar-refractivity contribution in [2.24, 2.45) is 0 Å². The molecular weight excluding hydrogens is 416 g/mol. The minimum absolute atomic E-state index is 0.330. The number of amides is 5. The van der Waals surface area contributed by atoms with Crippen LogP contribution in [0.25, 0.3) is 0 Å². The van der Waals surface area contributed by atoms with Crippen LogP contribution >= 0.6 is 11.3 Å². The van der Waals surface area contributed by atoms with Gasteiger partial charge in [-0.05, 0) is 56.7 Å². The van der Waals surface area contributed by atoms with Crippen LogP contribution < -0.4 is 15.5 Å². The summed E-state index contributed by atoms with van der Waals surface area (Å²) in [5.41, 5.74) is -0.383. The van der Waals surface area contributed by atoms with E-state index in [1.165, 1.54) is 4.90 Å². The molecule has 3 heterocycles. The second-order valence-corrected chi connectivity index (χ2v) is 9.60. The standard InChI is InChI=1S/C22H22N4O4S/c1-21(2)18(28)23-14-6-3-4-7-15(14)26(21)17(27)12-25-19(29)22(24-20(25)30)10-5-8-16-13(22)9-11-31-16/h3-4,6-7,9,11H,5,8,10,12H2,1-2H3,(H,23,28)(H,24,30)/t22-/m1/s1. The molecule has 2 N–H and O–H groups in total. The zero-order valence-corrected chi connectivity index (χ0v) is 18.0. The lowest BCUT2D eigenvalue weighted by Crippen LogP contribution is -2.60. The summed E-state index contributed by atoms with van der Waals surface area (Å²) in [6, 6.07) is 8.30. The number of imide groups is 1. The Kier molecular flexibility index (Phi) is 4.23. The molecule has 0 unspecified atom stereocenters. The first-order valence-electron chi connectivity index (χ1n) is 10.2. The number of aryl methyl sites for hydroxylation is 1. The van der Waals surface area contributed by atoms with Crippen LogP contribution in [0.15, 0.2) is 35.7 Å². The van der Waals surface area contributed by atoms with E-state index >= 15 is 0 Å². The average molecular weight is 439 g/mol. The number of carbonyl (C=O) groups excluding carboxylic acids is 4. The van der Waals surface area contributed by atoms with Crippen molar-refractivity contribution in [3.8, 4) is 0 Å². The van der Waals surface area contributed by atoms with E-state index in [0.29, 0.717) is 17.8 Å². The van der Waals surface area contributed by atoms with Crippen LogP contribution in [0.2, 0.25) is 0 Å². The molecule has 8 nitrogen and oxygen atoms in total. The Morgan fingerprint density at radius 3 is 2.74 bits per heavy atom. The van der Waals surface area contributed by atoms with Gasteiger partial charge in [0.15, 0.2) is 0 Å². The number of thiophene rings is 1. The number of urea groups is 1. The first-order valence-corrected chi connectivity index (χ1v) is 11.1. The highest BCUT2D eigenvalue weighted by atomic mass is 32.1. The van der Waals surface area contributed by atoms with Crippen molar-refractivity contribution in [1.82, 2.24) is 10.2 Å². The van der Waals surface area contributed by atoms with Gasteiger partial charge in [-0.3, -0.25) is 24.2 Å². The molecule has 1 fully saturated rings. The number of anilines is 2. The molecule has 0 saturated carbocycles. The molecule has 2 aromatic rings. The maximum absolute atomic E-state index is 13.4. The molecule has 31 heavy (non-hydrogen) atoms. The molecule has 9 heteroatoms. The van der Waals surface area contributed by atoms with Crippen LogP contribution in [0.5, 0.6) is 0 Å². The number of rotatable bonds is 2. The molecule has 0 bridgehead atoms. The molecule has 1 spiro atoms. The number of nitrogens with zero attached hydrogens (tertiary/aromatic N) is 2. The lowest BCUT2D eigenvalue weighted by Gasteiger charge is -2.42. The highest BCUT2D eigenvalue weighted by molar-refractivity contribution is 7.10. The van der Waals surface area contributed by atoms with Gasteiger partial charge in [0.2, 0.25) is 11.8 Å². The van der Waals surface area contributed by atoms with Crippen molar-refractivity contribution in [3.05, 3.63) is 46.2 Å². The molecule has 1 saturated heterocycles. The first-order chi connectivity index (χ1) is 14.8. The summed E-state index contributed by atoms with van der Waals surface area (Å²) in [5.74, 6) is -1.23. The Hall–Kier alpha value is -3.20. The maximum Gasteiger partial charge on any atom is 0.325 e. The molecule has 160 valence electrons. The minimum atomic E-state index is -1.17. The topological polar surface area (TPSA) is 98.8 Å². The molecule has 0 radical (unpaired) electrons. The molecule has 1 aliphatic carbocycles. The number of benzene rings is 1. The zero-order chi connectivity index (χ0) is 22.0. The van der Waals surface area contributed by atoms with Gasteiger partial charge in [-0.25, -0.2) is 4.79 Å². The van der Waals surface area contributed by atoms with Crippen LogP contribution in [-0.4, -0.2) is 40.7 Å². The van der Waals surface area contributed by atoms with Crippen LogP contribution in [-0.2, 0) is 26.3 Å². The van der Waals surface area contributed by atoms with Gasteiger partial charge in [0.05, 0.1) is 11.4 Å². The quantitative estimate of drug-likeness (QED) is 0.704. The van der Waals surface area contributed by atoms with Crippen molar-refractivity contribution >= 4 is 46.5 Å². The first kappa shape index (κ1) is 19.7. The summed E-state index contributed by atoms with van der Waals surface area (Å²) in [6.07, 6.45) is 2.17. The Bertz CT molecular complexity index is 1140. The summed E-state index contributed by atoms with van der Waals surface area (Å²) in [6.45, 7) is 2.85. The fourth-order valence-electron chi connectivity index (χ4n) is 4.79. The van der Waals surface area contributed by atoms with Crippen molar-refractivity contribution in [3.63, 3.8) is 0 Å². The van der Waals surface area contributed by atoms with Gasteiger partial charge in [-0.15, -0.1) is 11.3 Å². The minimum Gasteiger partial charge on any atom is -0.322 e. The fraction of sp³-hybridized carbons (Fsp3) is 0.364. The summed E-state index contributed by atoms with van der Waals surface area (Å²) in [5, 5.41) is 7.60. The largest absolute Gasteiger partial charge is 0.325 e. The van der Waals surface area contributed by atoms with Crippen LogP contribution in [0.4, 0.5) is 16.2 Å². The molecule has 1 aromatic carbocycles. The number of hydrogen-bond acceptors (Lipinski definition) is 5. The fourth-order valence-corrected chi connectivity index (χ4v) is 5.79. The number of para-hydroxylation sites is 2. The number of carbonyl (C=O) groups is 4. The van der Waals surface area contributed by atoms with Crippen LogP contribution in [0, 0.1) is 0 Å². The lowest BCUT2D eigenvalue weighted by molar-refractivity contribution is -0.135. The van der Waals surface area contributed by atoms with Crippen molar-refractivity contribution in [2.45, 2.75) is 44.2 Å². The van der Waals surface area contributed by atoms with E-state index in [2.05, 4.69) is 10.6 Å². The van der Waals surface area contributed by atoms with Gasteiger partial charge in [-0.2, -0.15) is 0 Å². The molecule has 5 amide bonds. The highest BCUT2D eigenvalue weighted by Gasteiger charge is 2.55. The average Bonchev–Trinajstić information content (AvgIpc) is 3.29. The van der Waals surface area contributed by atoms with Crippen molar-refractivity contribution < 1.29 is 19.2 Å². The van der Waals surface area contributed by atoms with Crippen LogP contribution in [0.1, 0.15) is 37.1 Å². The maximum atomic E-state index is 13.4. The van der Waals surface area contributed by atoms with Gasteiger partial charge in [0.25, 0.3) is 5.91 Å². The Balaban J connectivity index is 1.47. The molecular formula is C22H22N4O4S. The van der Waals surface area contributed by atoms with Gasteiger partial charge in [0, 0.05) is 10.4 Å². The van der Waals surface area contributed by atoms with E-state index in [0.717, 1.165) is 28.2 Å². The van der Waals surface area contributed by atoms with Gasteiger partial charge in [-0.1, -0.05) is 12.1 Å². The predicted molar refractivity (Wildman–Crippen MR) is 116 cm³/mol. The van der Waals surface area contributed by atoms with Gasteiger partial charge >= 0.3 is 6.03 Å². The summed E-state index contributed by atoms with van der Waals surface area (Å²) in [7, 11) is 0. The van der Waals surface area contributed by atoms with Gasteiger partial charge < -0.3 is 10.6 Å². The zero-order valence-electron chi connectivity index (χ0n) is 17.2. The summed E-state index contributed by atoms with van der Waals surface area (Å²) in [4.78, 5) is 55.8. The van der Waals surface area contributed by atoms with Crippen molar-refractivity contribution in [1.29, 1.82) is 0 Å². The third kappa shape index (κ3) is 2.72. The van der Waals surface area contributed by atoms with E-state index < -0.39 is 35.5 Å². The third-order valence-electron chi connectivity index (χ3n) is 6.39. The monoisotopic (exact) mass is 438 g/mol. The normalized spacial score (nSPS) is 24.0. The Morgan fingerprint density at radius 1 is 1.16 bits per heavy atom. The van der Waals surface area contributed by atoms with Crippen molar-refractivity contribution in [2.75, 3.05) is 16.8 Å². The summed E-state index contributed by atoms with van der Waals surface area (Å²) < 4.78 is 0. The number of nitrogens with one attached hydrogen (secondary N) is 2. The van der Waals surface area contributed by atoms with Gasteiger partial charge in [0.1, 0.15) is 17.6 Å². The van der Waals surface area contributed by atoms with E-state index in [4.69, 9.17) is 0 Å². The second kappa shape index (κ2) is 6.65. The van der Waals surface area contributed by atoms with Crippen LogP contribution in [0.3, 0.4) is 0 Å². The third-order valence-corrected chi connectivity index (χ3v) is 7.37. The molecule has 1 aromatic heterocycles. The lowest BCUT2D eigenvalue weighted by atomic mass is 9.80. The molecule has 5 rings (SSSR count). The Labute approximate surface area is 183 Å².